The van der Waals surface area contributed by atoms with Gasteiger partial charge in [0.1, 0.15) is 0 Å². The van der Waals surface area contributed by atoms with Gasteiger partial charge >= 0.3 is 0 Å². The van der Waals surface area contributed by atoms with Gasteiger partial charge in [0.2, 0.25) is 0 Å². The summed E-state index contributed by atoms with van der Waals surface area (Å²) in [6, 6.07) is 0. The first-order valence-electron chi connectivity index (χ1n) is 0. The first-order valence-corrected chi connectivity index (χ1v) is 0. The molecule has 0 saturated carbocycles. The van der Waals surface area contributed by atoms with Crippen LogP contribution in [0.4, 0.5) is 0 Å². The topological polar surface area (TPSA) is 0 Å². The van der Waals surface area contributed by atoms with Crippen molar-refractivity contribution in [3.8, 4) is 0 Å². The van der Waals surface area contributed by atoms with Gasteiger partial charge in [-0.05, 0) is 0 Å². The SMILES string of the molecule is Br.Br.Br.Br.[Ge]. The van der Waals surface area contributed by atoms with Gasteiger partial charge in [-0.1, -0.05) is 0 Å². The maximum Gasteiger partial charge on any atom is 0 e. The van der Waals surface area contributed by atoms with Crippen LogP contribution in [0.1, 0.15) is 0 Å². The van der Waals surface area contributed by atoms with E-state index < -0.39 is 0 Å². The Morgan fingerprint density at radius 3 is 0.400 bits per heavy atom. The molecule has 36 valence electrons. The van der Waals surface area contributed by atoms with E-state index in [0.29, 0.717) is 0 Å². The van der Waals surface area contributed by atoms with Crippen LogP contribution in [-0.2, 0) is 0 Å². The molecule has 0 nitrogen and oxygen atoms in total. The first kappa shape index (κ1) is 51.4. The zero-order chi connectivity index (χ0) is 0. The van der Waals surface area contributed by atoms with Crippen molar-refractivity contribution in [2.24, 2.45) is 0 Å². The summed E-state index contributed by atoms with van der Waals surface area (Å²) in [6.07, 6.45) is 0. The van der Waals surface area contributed by atoms with Gasteiger partial charge in [0.05, 0.1) is 0 Å². The van der Waals surface area contributed by atoms with Gasteiger partial charge in [0.25, 0.3) is 0 Å². The fourth-order valence-corrected chi connectivity index (χ4v) is 0. The van der Waals surface area contributed by atoms with Crippen molar-refractivity contribution < 1.29 is 0 Å². The first-order chi connectivity index (χ1) is 0. The standard InChI is InChI=1S/4BrH.Ge/h4*1H;. The zero-order valence-corrected chi connectivity index (χ0v) is 11.1. The average Bonchev–Trinajstić information content (AvgIpc) is 0. The van der Waals surface area contributed by atoms with E-state index in [-0.39, 0.29) is 85.5 Å². The quantitative estimate of drug-likeness (QED) is 0.549. The summed E-state index contributed by atoms with van der Waals surface area (Å²) in [5, 5.41) is 0. The Morgan fingerprint density at radius 2 is 0.400 bits per heavy atom. The second-order valence-electron chi connectivity index (χ2n) is 0. The van der Waals surface area contributed by atoms with Crippen molar-refractivity contribution in [2.45, 2.75) is 0 Å². The molecule has 0 aliphatic carbocycles. The van der Waals surface area contributed by atoms with E-state index >= 15 is 0 Å². The molecule has 0 spiro atoms. The fourth-order valence-electron chi connectivity index (χ4n) is 0. The van der Waals surface area contributed by atoms with E-state index in [1.54, 1.807) is 0 Å². The molecule has 5 heavy (non-hydrogen) atoms. The van der Waals surface area contributed by atoms with Crippen molar-refractivity contribution in [1.29, 1.82) is 0 Å². The van der Waals surface area contributed by atoms with Crippen LogP contribution in [0.3, 0.4) is 0 Å². The largest absolute Gasteiger partial charge is 0.114 e. The van der Waals surface area contributed by atoms with Gasteiger partial charge < -0.3 is 0 Å². The third kappa shape index (κ3) is 21.2. The fraction of sp³-hybridized carbons (Fsp3) is 0. The number of hydrogen-bond donors (Lipinski definition) is 0. The average molecular weight is 396 g/mol. The third-order valence-corrected chi connectivity index (χ3v) is 0. The molecule has 0 amide bonds. The van der Waals surface area contributed by atoms with Gasteiger partial charge in [-0.3, -0.25) is 0 Å². The molecule has 0 aromatic heterocycles. The van der Waals surface area contributed by atoms with Crippen molar-refractivity contribution in [1.82, 2.24) is 0 Å². The Kier molecular flexibility index (Phi) is 327. The van der Waals surface area contributed by atoms with E-state index in [0.717, 1.165) is 0 Å². The summed E-state index contributed by atoms with van der Waals surface area (Å²) in [6.45, 7) is 0. The normalized spacial score (nSPS) is 0. The molecule has 0 rings (SSSR count). The summed E-state index contributed by atoms with van der Waals surface area (Å²) in [5.74, 6) is 0. The van der Waals surface area contributed by atoms with E-state index in [9.17, 15) is 0 Å². The number of halogens is 4. The molecule has 4 radical (unpaired) electrons. The Hall–Kier alpha value is 2.46. The monoisotopic (exact) mass is 394 g/mol. The van der Waals surface area contributed by atoms with E-state index in [4.69, 9.17) is 0 Å². The predicted octanol–water partition coefficient (Wildman–Crippen LogP) is 1.93. The molecule has 0 saturated heterocycles. The van der Waals surface area contributed by atoms with Crippen LogP contribution >= 0.6 is 67.9 Å². The molecule has 0 aromatic rings. The minimum atomic E-state index is 0. The Bertz CT molecular complexity index is 3.61. The Morgan fingerprint density at radius 1 is 0.400 bits per heavy atom. The smallest absolute Gasteiger partial charge is 0 e. The molecule has 0 aromatic carbocycles. The van der Waals surface area contributed by atoms with Crippen LogP contribution in [0.5, 0.6) is 0 Å². The van der Waals surface area contributed by atoms with Gasteiger partial charge in [-0.25, -0.2) is 0 Å². The van der Waals surface area contributed by atoms with Gasteiger partial charge in [0.15, 0.2) is 0 Å². The molecule has 0 atom stereocenters. The maximum absolute atomic E-state index is 0. The number of hydrogen-bond acceptors (Lipinski definition) is 0. The molecule has 0 aliphatic rings. The molecule has 0 aliphatic heterocycles. The van der Waals surface area contributed by atoms with E-state index in [2.05, 4.69) is 0 Å². The Balaban J connectivity index is 0. The molecular formula is H4Br4Ge. The number of rotatable bonds is 0. The predicted molar refractivity (Wildman–Crippen MR) is 47.0 cm³/mol. The molecule has 0 heterocycles. The van der Waals surface area contributed by atoms with Crippen LogP contribution < -0.4 is 0 Å². The van der Waals surface area contributed by atoms with E-state index in [1.807, 2.05) is 0 Å². The van der Waals surface area contributed by atoms with Crippen LogP contribution in [-0.4, -0.2) is 17.6 Å². The molecule has 0 N–H and O–H groups in total. The van der Waals surface area contributed by atoms with Crippen molar-refractivity contribution in [2.75, 3.05) is 0 Å². The van der Waals surface area contributed by atoms with Gasteiger partial charge in [0, 0.05) is 17.6 Å². The van der Waals surface area contributed by atoms with Gasteiger partial charge in [-0.2, -0.15) is 0 Å². The third-order valence-electron chi connectivity index (χ3n) is 0. The van der Waals surface area contributed by atoms with E-state index in [1.165, 1.54) is 0 Å². The summed E-state index contributed by atoms with van der Waals surface area (Å²) in [7, 11) is 0. The maximum atomic E-state index is 0. The summed E-state index contributed by atoms with van der Waals surface area (Å²) in [4.78, 5) is 0. The Labute approximate surface area is 84.5 Å². The van der Waals surface area contributed by atoms with Crippen molar-refractivity contribution >= 4 is 85.5 Å². The summed E-state index contributed by atoms with van der Waals surface area (Å²) in [5.41, 5.74) is 0. The molecule has 0 unspecified atom stereocenters. The van der Waals surface area contributed by atoms with Crippen LogP contribution in [0.25, 0.3) is 0 Å². The summed E-state index contributed by atoms with van der Waals surface area (Å²) < 4.78 is 0. The minimum Gasteiger partial charge on any atom is -0.114 e. The van der Waals surface area contributed by atoms with Crippen LogP contribution in [0.2, 0.25) is 0 Å². The summed E-state index contributed by atoms with van der Waals surface area (Å²) >= 11 is 0. The molecule has 5 heteroatoms. The molecular weight excluding hydrogens is 392 g/mol. The molecule has 0 bridgehead atoms. The van der Waals surface area contributed by atoms with Crippen molar-refractivity contribution in [3.05, 3.63) is 0 Å². The van der Waals surface area contributed by atoms with Gasteiger partial charge in [-0.15, -0.1) is 67.9 Å². The second-order valence-corrected chi connectivity index (χ2v) is 0. The van der Waals surface area contributed by atoms with Crippen LogP contribution in [0, 0.1) is 0 Å². The second kappa shape index (κ2) is 31.8. The van der Waals surface area contributed by atoms with Crippen LogP contribution in [0.15, 0.2) is 0 Å². The van der Waals surface area contributed by atoms with Crippen molar-refractivity contribution in [3.63, 3.8) is 0 Å². The zero-order valence-electron chi connectivity index (χ0n) is 2.13. The molecule has 0 fully saturated rings. The minimum absolute atomic E-state index is 0.